The van der Waals surface area contributed by atoms with E-state index >= 15 is 0 Å². The van der Waals surface area contributed by atoms with Crippen molar-refractivity contribution in [1.82, 2.24) is 4.90 Å². The van der Waals surface area contributed by atoms with Crippen molar-refractivity contribution >= 4 is 23.3 Å². The van der Waals surface area contributed by atoms with Crippen molar-refractivity contribution in [1.29, 1.82) is 0 Å². The summed E-state index contributed by atoms with van der Waals surface area (Å²) in [5, 5.41) is -0.357. The molecule has 0 spiro atoms. The van der Waals surface area contributed by atoms with Crippen molar-refractivity contribution in [2.24, 2.45) is 0 Å². The maximum absolute atomic E-state index is 13.7. The third-order valence-electron chi connectivity index (χ3n) is 3.62. The molecule has 0 atom stereocenters. The predicted octanol–water partition coefficient (Wildman–Crippen LogP) is 3.20. The highest BCUT2D eigenvalue weighted by molar-refractivity contribution is 6.30. The number of benzene rings is 1. The predicted molar refractivity (Wildman–Crippen MR) is 70.7 cm³/mol. The van der Waals surface area contributed by atoms with E-state index in [0.29, 0.717) is 25.7 Å². The Kier molecular flexibility index (Phi) is 4.38. The first-order valence-corrected chi connectivity index (χ1v) is 6.71. The summed E-state index contributed by atoms with van der Waals surface area (Å²) in [6.07, 6.45) is 1.94. The third kappa shape index (κ3) is 2.98. The zero-order chi connectivity index (χ0) is 14.9. The van der Waals surface area contributed by atoms with E-state index in [-0.39, 0.29) is 22.4 Å². The molecule has 1 saturated carbocycles. The Morgan fingerprint density at radius 2 is 1.85 bits per heavy atom. The second kappa shape index (κ2) is 5.87. The molecular formula is C14H14ClF2NO2. The van der Waals surface area contributed by atoms with Crippen LogP contribution < -0.4 is 0 Å². The van der Waals surface area contributed by atoms with Crippen LogP contribution in [0.2, 0.25) is 5.02 Å². The Balaban J connectivity index is 2.18. The van der Waals surface area contributed by atoms with Gasteiger partial charge in [-0.15, -0.1) is 0 Å². The lowest BCUT2D eigenvalue weighted by atomic mass is 9.93. The van der Waals surface area contributed by atoms with Crippen LogP contribution in [0.3, 0.4) is 0 Å². The average molecular weight is 302 g/mol. The number of halogens is 3. The Morgan fingerprint density at radius 1 is 1.25 bits per heavy atom. The van der Waals surface area contributed by atoms with Gasteiger partial charge in [-0.2, -0.15) is 0 Å². The van der Waals surface area contributed by atoms with Gasteiger partial charge >= 0.3 is 0 Å². The molecule has 6 heteroatoms. The second-order valence-corrected chi connectivity index (χ2v) is 5.34. The number of carbonyl (C=O) groups is 2. The summed E-state index contributed by atoms with van der Waals surface area (Å²) in [6, 6.07) is 1.48. The number of carbonyl (C=O) groups excluding carboxylic acids is 2. The van der Waals surface area contributed by atoms with Crippen LogP contribution in [-0.4, -0.2) is 29.7 Å². The molecule has 108 valence electrons. The average Bonchev–Trinajstić information content (AvgIpc) is 2.42. The summed E-state index contributed by atoms with van der Waals surface area (Å²) in [5.41, 5.74) is -0.341. The minimum absolute atomic E-state index is 0.127. The molecule has 1 amide bonds. The van der Waals surface area contributed by atoms with Gasteiger partial charge < -0.3 is 4.90 Å². The lowest BCUT2D eigenvalue weighted by Gasteiger charge is -2.30. The van der Waals surface area contributed by atoms with Gasteiger partial charge in [0.25, 0.3) is 5.91 Å². The highest BCUT2D eigenvalue weighted by Gasteiger charge is 2.27. The summed E-state index contributed by atoms with van der Waals surface area (Å²) < 4.78 is 27.1. The molecule has 1 aromatic rings. The number of hydrogen-bond acceptors (Lipinski definition) is 2. The first-order valence-electron chi connectivity index (χ1n) is 6.33. The minimum Gasteiger partial charge on any atom is -0.339 e. The van der Waals surface area contributed by atoms with Gasteiger partial charge in [-0.3, -0.25) is 9.59 Å². The molecule has 0 radical (unpaired) electrons. The lowest BCUT2D eigenvalue weighted by molar-refractivity contribution is -0.121. The fraction of sp³-hybridized carbons (Fsp3) is 0.429. The number of nitrogens with zero attached hydrogens (tertiary/aromatic N) is 1. The molecule has 0 unspecified atom stereocenters. The van der Waals surface area contributed by atoms with Crippen LogP contribution in [-0.2, 0) is 4.79 Å². The largest absolute Gasteiger partial charge is 0.339 e. The molecule has 1 fully saturated rings. The lowest BCUT2D eigenvalue weighted by Crippen LogP contribution is -2.40. The molecule has 0 bridgehead atoms. The SMILES string of the molecule is CN(C(=O)c1cc(F)c(Cl)cc1F)C1CCC(=O)CC1. The number of Topliss-reactive ketones (excluding diaryl/α,β-unsaturated/α-hetero) is 1. The Labute approximate surface area is 120 Å². The highest BCUT2D eigenvalue weighted by atomic mass is 35.5. The van der Waals surface area contributed by atoms with E-state index in [0.717, 1.165) is 12.1 Å². The normalized spacial score (nSPS) is 16.3. The fourth-order valence-electron chi connectivity index (χ4n) is 2.35. The van der Waals surface area contributed by atoms with Crippen LogP contribution in [0.15, 0.2) is 12.1 Å². The molecule has 0 aliphatic heterocycles. The molecule has 1 aromatic carbocycles. The van der Waals surface area contributed by atoms with Crippen molar-refractivity contribution in [3.8, 4) is 0 Å². The van der Waals surface area contributed by atoms with Gasteiger partial charge in [0, 0.05) is 25.9 Å². The van der Waals surface area contributed by atoms with E-state index in [1.807, 2.05) is 0 Å². The fourth-order valence-corrected chi connectivity index (χ4v) is 2.50. The van der Waals surface area contributed by atoms with Gasteiger partial charge in [0.1, 0.15) is 17.4 Å². The maximum Gasteiger partial charge on any atom is 0.256 e. The summed E-state index contributed by atoms with van der Waals surface area (Å²) in [7, 11) is 1.54. The van der Waals surface area contributed by atoms with Crippen LogP contribution in [0, 0.1) is 11.6 Å². The Bertz CT molecular complexity index is 552. The number of amides is 1. The molecule has 2 rings (SSSR count). The topological polar surface area (TPSA) is 37.4 Å². The van der Waals surface area contributed by atoms with Gasteiger partial charge in [0.05, 0.1) is 10.6 Å². The summed E-state index contributed by atoms with van der Waals surface area (Å²) in [5.74, 6) is -2.10. The number of ketones is 1. The van der Waals surface area contributed by atoms with Crippen molar-refractivity contribution in [2.45, 2.75) is 31.7 Å². The zero-order valence-corrected chi connectivity index (χ0v) is 11.7. The van der Waals surface area contributed by atoms with Gasteiger partial charge in [-0.1, -0.05) is 11.6 Å². The minimum atomic E-state index is -0.847. The quantitative estimate of drug-likeness (QED) is 0.787. The Morgan fingerprint density at radius 3 is 2.45 bits per heavy atom. The highest BCUT2D eigenvalue weighted by Crippen LogP contribution is 2.24. The van der Waals surface area contributed by atoms with E-state index < -0.39 is 17.5 Å². The van der Waals surface area contributed by atoms with Gasteiger partial charge in [0.2, 0.25) is 0 Å². The Hall–Kier alpha value is -1.49. The molecule has 0 saturated heterocycles. The molecule has 0 aromatic heterocycles. The van der Waals surface area contributed by atoms with E-state index in [9.17, 15) is 18.4 Å². The van der Waals surface area contributed by atoms with E-state index in [2.05, 4.69) is 0 Å². The molecule has 1 aliphatic carbocycles. The van der Waals surface area contributed by atoms with Crippen molar-refractivity contribution in [3.05, 3.63) is 34.4 Å². The molecule has 0 N–H and O–H groups in total. The van der Waals surface area contributed by atoms with Gasteiger partial charge in [-0.05, 0) is 25.0 Å². The summed E-state index contributed by atoms with van der Waals surface area (Å²) in [4.78, 5) is 24.8. The smallest absolute Gasteiger partial charge is 0.256 e. The van der Waals surface area contributed by atoms with Crippen LogP contribution in [0.1, 0.15) is 36.0 Å². The van der Waals surface area contributed by atoms with Crippen LogP contribution in [0.25, 0.3) is 0 Å². The second-order valence-electron chi connectivity index (χ2n) is 4.93. The molecular weight excluding hydrogens is 288 g/mol. The van der Waals surface area contributed by atoms with Crippen LogP contribution in [0.4, 0.5) is 8.78 Å². The number of rotatable bonds is 2. The summed E-state index contributed by atoms with van der Waals surface area (Å²) in [6.45, 7) is 0. The van der Waals surface area contributed by atoms with Gasteiger partial charge in [-0.25, -0.2) is 8.78 Å². The first-order chi connectivity index (χ1) is 9.40. The first kappa shape index (κ1) is 14.9. The standard InChI is InChI=1S/C14H14ClF2NO2/c1-18(8-2-4-9(19)5-3-8)14(20)10-6-13(17)11(15)7-12(10)16/h6-8H,2-5H2,1H3. The van der Waals surface area contributed by atoms with Crippen molar-refractivity contribution < 1.29 is 18.4 Å². The van der Waals surface area contributed by atoms with Gasteiger partial charge in [0.15, 0.2) is 0 Å². The van der Waals surface area contributed by atoms with Crippen molar-refractivity contribution in [3.63, 3.8) is 0 Å². The van der Waals surface area contributed by atoms with E-state index in [4.69, 9.17) is 11.6 Å². The van der Waals surface area contributed by atoms with Crippen molar-refractivity contribution in [2.75, 3.05) is 7.05 Å². The third-order valence-corrected chi connectivity index (χ3v) is 3.91. The monoisotopic (exact) mass is 301 g/mol. The molecule has 3 nitrogen and oxygen atoms in total. The van der Waals surface area contributed by atoms with Crippen LogP contribution in [0.5, 0.6) is 0 Å². The summed E-state index contributed by atoms with van der Waals surface area (Å²) >= 11 is 5.46. The van der Waals surface area contributed by atoms with Crippen LogP contribution >= 0.6 is 11.6 Å². The van der Waals surface area contributed by atoms with E-state index in [1.54, 1.807) is 0 Å². The molecule has 0 heterocycles. The maximum atomic E-state index is 13.7. The zero-order valence-electron chi connectivity index (χ0n) is 11.0. The van der Waals surface area contributed by atoms with E-state index in [1.165, 1.54) is 11.9 Å². The number of hydrogen-bond donors (Lipinski definition) is 0. The molecule has 1 aliphatic rings. The molecule has 20 heavy (non-hydrogen) atoms.